The maximum absolute atomic E-state index is 12.0. The molecule has 0 radical (unpaired) electrons. The molecule has 0 atom stereocenters. The lowest BCUT2D eigenvalue weighted by Crippen LogP contribution is -1.67. The van der Waals surface area contributed by atoms with E-state index >= 15 is 0 Å². The second kappa shape index (κ2) is 13.2. The van der Waals surface area contributed by atoms with Crippen LogP contribution in [0.3, 0.4) is 0 Å². The quantitative estimate of drug-likeness (QED) is 0.297. The number of halogens is 3. The monoisotopic (exact) mass is 434 g/mol. The number of hydrogen-bond donors (Lipinski definition) is 6. The number of aromatic hydroxyl groups is 3. The van der Waals surface area contributed by atoms with Crippen LogP contribution in [0.15, 0.2) is 72.8 Å². The molecule has 0 heterocycles. The van der Waals surface area contributed by atoms with Gasteiger partial charge in [-0.3, -0.25) is 0 Å². The molecule has 6 N–H and O–H groups in total. The minimum atomic E-state index is -4.64. The fourth-order valence-corrected chi connectivity index (χ4v) is 1.32. The summed E-state index contributed by atoms with van der Waals surface area (Å²) in [5.41, 5.74) is 0. The Morgan fingerprint density at radius 1 is 0.483 bits per heavy atom. The highest BCUT2D eigenvalue weighted by Crippen LogP contribution is 2.25. The molecule has 7 nitrogen and oxygen atoms in total. The minimum absolute atomic E-state index is 0.0893. The molecule has 3 rings (SSSR count). The summed E-state index contributed by atoms with van der Waals surface area (Å²) in [6.45, 7) is 0. The number of hydrogen-bond acceptors (Lipinski definition) is 4. The zero-order valence-corrected chi connectivity index (χ0v) is 15.5. The molecule has 0 fully saturated rings. The maximum atomic E-state index is 12.0. The average molecular weight is 434 g/mol. The Labute approximate surface area is 163 Å². The second-order valence-electron chi connectivity index (χ2n) is 4.94. The molecular weight excluding hydrogens is 416 g/mol. The van der Waals surface area contributed by atoms with E-state index in [1.165, 1.54) is 72.8 Å². The molecule has 11 heteroatoms. The van der Waals surface area contributed by atoms with Crippen molar-refractivity contribution in [2.24, 2.45) is 0 Å². The van der Waals surface area contributed by atoms with E-state index in [1.54, 1.807) is 0 Å². The summed E-state index contributed by atoms with van der Waals surface area (Å²) in [6.07, 6.45) is 0. The Bertz CT molecular complexity index is 693. The van der Waals surface area contributed by atoms with E-state index < -0.39 is 7.82 Å². The van der Waals surface area contributed by atoms with Gasteiger partial charge in [0.2, 0.25) is 0 Å². The van der Waals surface area contributed by atoms with E-state index in [2.05, 4.69) is 0 Å². The molecule has 0 saturated carbocycles. The van der Waals surface area contributed by atoms with Gasteiger partial charge in [-0.05, 0) is 72.8 Å². The van der Waals surface area contributed by atoms with Gasteiger partial charge in [-0.1, -0.05) is 0 Å². The molecule has 0 saturated heterocycles. The molecule has 0 aliphatic carbocycles. The summed E-state index contributed by atoms with van der Waals surface area (Å²) in [4.78, 5) is 21.6. The van der Waals surface area contributed by atoms with Gasteiger partial charge in [-0.25, -0.2) is 17.7 Å². The topological polar surface area (TPSA) is 138 Å². The van der Waals surface area contributed by atoms with E-state index in [0.29, 0.717) is 0 Å². The van der Waals surface area contributed by atoms with Crippen molar-refractivity contribution >= 4 is 7.82 Å². The maximum Gasteiger partial charge on any atom is 0.466 e. The van der Waals surface area contributed by atoms with Crippen LogP contribution >= 0.6 is 7.82 Å². The van der Waals surface area contributed by atoms with Crippen LogP contribution in [0.5, 0.6) is 17.2 Å². The van der Waals surface area contributed by atoms with E-state index in [-0.39, 0.29) is 34.7 Å². The Morgan fingerprint density at radius 3 is 0.724 bits per heavy atom. The van der Waals surface area contributed by atoms with Gasteiger partial charge in [-0.15, -0.1) is 0 Å². The predicted molar refractivity (Wildman–Crippen MR) is 98.5 cm³/mol. The second-order valence-corrected chi connectivity index (χ2v) is 5.97. The van der Waals surface area contributed by atoms with Crippen molar-refractivity contribution in [2.75, 3.05) is 0 Å². The number of phenols is 3. The number of phenolic OH excluding ortho intramolecular Hbond substituents is 3. The van der Waals surface area contributed by atoms with Crippen LogP contribution in [0.1, 0.15) is 0 Å². The normalized spacial score (nSPS) is 9.59. The molecule has 158 valence electrons. The third-order valence-corrected chi connectivity index (χ3v) is 2.48. The first-order chi connectivity index (χ1) is 13.4. The standard InChI is InChI=1S/3C6H5FO.H3O4P/c3*7-5-1-3-6(8)4-2-5;1-5(2,3)4/h3*1-4,8H;(H3,1,2,3,4). The molecule has 3 aromatic rings. The van der Waals surface area contributed by atoms with Crippen LogP contribution in [0.4, 0.5) is 13.2 Å². The van der Waals surface area contributed by atoms with E-state index in [4.69, 9.17) is 34.6 Å². The SMILES string of the molecule is O=P(O)(O)O.Oc1ccc(F)cc1.Oc1ccc(F)cc1.Oc1ccc(F)cc1. The molecule has 0 spiro atoms. The summed E-state index contributed by atoms with van der Waals surface area (Å²) in [7, 11) is -4.64. The van der Waals surface area contributed by atoms with Crippen LogP contribution in [0.2, 0.25) is 0 Å². The third-order valence-electron chi connectivity index (χ3n) is 2.48. The Kier molecular flexibility index (Phi) is 11.8. The third kappa shape index (κ3) is 18.1. The lowest BCUT2D eigenvalue weighted by Gasteiger charge is -1.86. The van der Waals surface area contributed by atoms with E-state index in [1.807, 2.05) is 0 Å². The first-order valence-corrected chi connectivity index (χ1v) is 9.05. The van der Waals surface area contributed by atoms with Crippen molar-refractivity contribution in [3.8, 4) is 17.2 Å². The van der Waals surface area contributed by atoms with E-state index in [9.17, 15) is 13.2 Å². The van der Waals surface area contributed by atoms with Gasteiger partial charge in [0.15, 0.2) is 0 Å². The molecule has 29 heavy (non-hydrogen) atoms. The van der Waals surface area contributed by atoms with Gasteiger partial charge in [-0.2, -0.15) is 0 Å². The Hall–Kier alpha value is -3.04. The van der Waals surface area contributed by atoms with Crippen LogP contribution in [0, 0.1) is 17.5 Å². The van der Waals surface area contributed by atoms with Crippen LogP contribution in [0.25, 0.3) is 0 Å². The van der Waals surface area contributed by atoms with Crippen molar-refractivity contribution in [1.29, 1.82) is 0 Å². The van der Waals surface area contributed by atoms with Gasteiger partial charge < -0.3 is 30.0 Å². The van der Waals surface area contributed by atoms with Gasteiger partial charge in [0, 0.05) is 0 Å². The molecule has 3 aromatic carbocycles. The van der Waals surface area contributed by atoms with Gasteiger partial charge in [0.05, 0.1) is 0 Å². The van der Waals surface area contributed by atoms with Gasteiger partial charge >= 0.3 is 7.82 Å². The predicted octanol–water partition coefficient (Wildman–Crippen LogP) is 3.67. The zero-order valence-electron chi connectivity index (χ0n) is 14.6. The first kappa shape index (κ1) is 26.0. The zero-order chi connectivity index (χ0) is 22.4. The Balaban J connectivity index is 0.000000367. The van der Waals surface area contributed by atoms with Crippen molar-refractivity contribution in [2.45, 2.75) is 0 Å². The van der Waals surface area contributed by atoms with Crippen LogP contribution < -0.4 is 0 Å². The minimum Gasteiger partial charge on any atom is -0.508 e. The molecule has 0 amide bonds. The highest BCUT2D eigenvalue weighted by atomic mass is 31.2. The highest BCUT2D eigenvalue weighted by Gasteiger charge is 2.00. The first-order valence-electron chi connectivity index (χ1n) is 7.48. The van der Waals surface area contributed by atoms with Crippen molar-refractivity contribution in [3.63, 3.8) is 0 Å². The number of phosphoric acid groups is 1. The van der Waals surface area contributed by atoms with Crippen molar-refractivity contribution < 1.29 is 47.7 Å². The summed E-state index contributed by atoms with van der Waals surface area (Å²) >= 11 is 0. The van der Waals surface area contributed by atoms with Crippen molar-refractivity contribution in [3.05, 3.63) is 90.2 Å². The molecule has 0 aromatic heterocycles. The summed E-state index contributed by atoms with van der Waals surface area (Å²) in [6, 6.07) is 15.0. The molecule has 0 aliphatic rings. The number of benzene rings is 3. The van der Waals surface area contributed by atoms with Crippen LogP contribution in [-0.2, 0) is 4.57 Å². The largest absolute Gasteiger partial charge is 0.508 e. The molecule has 0 bridgehead atoms. The molecule has 0 aliphatic heterocycles. The number of rotatable bonds is 0. The summed E-state index contributed by atoms with van der Waals surface area (Å²) < 4.78 is 44.8. The average Bonchev–Trinajstić information content (AvgIpc) is 2.62. The lowest BCUT2D eigenvalue weighted by molar-refractivity contribution is 0.275. The van der Waals surface area contributed by atoms with Crippen LogP contribution in [-0.4, -0.2) is 30.0 Å². The molecular formula is C18H18F3O7P. The lowest BCUT2D eigenvalue weighted by atomic mass is 10.3. The summed E-state index contributed by atoms with van der Waals surface area (Å²) in [5, 5.41) is 25.8. The van der Waals surface area contributed by atoms with Gasteiger partial charge in [0.25, 0.3) is 0 Å². The van der Waals surface area contributed by atoms with E-state index in [0.717, 1.165) is 0 Å². The van der Waals surface area contributed by atoms with Crippen molar-refractivity contribution in [1.82, 2.24) is 0 Å². The fourth-order valence-electron chi connectivity index (χ4n) is 1.32. The van der Waals surface area contributed by atoms with Gasteiger partial charge in [0.1, 0.15) is 34.7 Å². The highest BCUT2D eigenvalue weighted by molar-refractivity contribution is 7.45. The summed E-state index contributed by atoms with van der Waals surface area (Å²) in [5.74, 6) is -0.724. The molecule has 0 unspecified atom stereocenters. The fraction of sp³-hybridized carbons (Fsp3) is 0. The Morgan fingerprint density at radius 2 is 0.621 bits per heavy atom. The smallest absolute Gasteiger partial charge is 0.466 e.